The highest BCUT2D eigenvalue weighted by molar-refractivity contribution is 9.10. The normalized spacial score (nSPS) is 19.4. The van der Waals surface area contributed by atoms with Crippen LogP contribution in [0.5, 0.6) is 0 Å². The zero-order chi connectivity index (χ0) is 37.5. The van der Waals surface area contributed by atoms with E-state index in [2.05, 4.69) is 20.7 Å². The Hall–Kier alpha value is -3.64. The third-order valence-electron chi connectivity index (χ3n) is 8.97. The van der Waals surface area contributed by atoms with Crippen LogP contribution in [0.25, 0.3) is 0 Å². The highest BCUT2D eigenvalue weighted by Crippen LogP contribution is 2.53. The molecule has 18 heteroatoms. The number of nitrogens with zero attached hydrogens (tertiary/aromatic N) is 3. The molecule has 0 N–H and O–H groups in total. The van der Waals surface area contributed by atoms with Crippen molar-refractivity contribution in [2.24, 2.45) is 0 Å². The Kier molecular flexibility index (Phi) is 11.2. The van der Waals surface area contributed by atoms with Crippen LogP contribution in [0.15, 0.2) is 70.0 Å². The van der Waals surface area contributed by atoms with Gasteiger partial charge in [0.2, 0.25) is 5.91 Å². The van der Waals surface area contributed by atoms with Gasteiger partial charge in [-0.1, -0.05) is 30.3 Å². The Labute approximate surface area is 296 Å². The van der Waals surface area contributed by atoms with Gasteiger partial charge in [0.25, 0.3) is 5.60 Å². The van der Waals surface area contributed by atoms with Crippen LogP contribution in [0.3, 0.4) is 0 Å². The van der Waals surface area contributed by atoms with E-state index in [1.165, 1.54) is 28.9 Å². The maximum atomic E-state index is 14.5. The lowest BCUT2D eigenvalue weighted by Gasteiger charge is -2.37. The topological polar surface area (TPSA) is 70.2 Å². The van der Waals surface area contributed by atoms with Crippen molar-refractivity contribution in [1.29, 1.82) is 0 Å². The van der Waals surface area contributed by atoms with Crippen molar-refractivity contribution in [1.82, 2.24) is 14.7 Å². The van der Waals surface area contributed by atoms with Crippen LogP contribution in [0.1, 0.15) is 29.5 Å². The van der Waals surface area contributed by atoms with Crippen molar-refractivity contribution in [3.05, 3.63) is 99.3 Å². The van der Waals surface area contributed by atoms with E-state index in [1.54, 1.807) is 4.90 Å². The second-order valence-corrected chi connectivity index (χ2v) is 14.5. The monoisotopic (exact) mass is 813 g/mol. The molecule has 2 aliphatic rings. The minimum Gasteiger partial charge on any atom is -0.349 e. The number of halogens is 10. The average Bonchev–Trinajstić information content (AvgIpc) is 3.51. The second kappa shape index (κ2) is 14.8. The minimum atomic E-state index is -6.16. The zero-order valence-corrected chi connectivity index (χ0v) is 28.9. The number of benzene rings is 3. The van der Waals surface area contributed by atoms with Crippen molar-refractivity contribution in [2.45, 2.75) is 47.5 Å². The number of amides is 3. The number of urea groups is 1. The molecular formula is C33H29BrF9N3O4S. The van der Waals surface area contributed by atoms with Crippen molar-refractivity contribution in [2.75, 3.05) is 39.3 Å². The Morgan fingerprint density at radius 2 is 1.37 bits per heavy atom. The van der Waals surface area contributed by atoms with E-state index >= 15 is 0 Å². The lowest BCUT2D eigenvalue weighted by atomic mass is 9.88. The second-order valence-electron chi connectivity index (χ2n) is 12.0. The van der Waals surface area contributed by atoms with Gasteiger partial charge in [-0.2, -0.15) is 26.3 Å². The molecule has 276 valence electrons. The molecular weight excluding hydrogens is 785 g/mol. The number of piperazine rings is 1. The fourth-order valence-electron chi connectivity index (χ4n) is 6.21. The highest BCUT2D eigenvalue weighted by Gasteiger charge is 2.73. The predicted octanol–water partition coefficient (Wildman–Crippen LogP) is 7.26. The predicted molar refractivity (Wildman–Crippen MR) is 169 cm³/mol. The SMILES string of the molecule is CC(=O)N1CCN(C(=O)N2CC(c3ccc(C(OCc4c(F)cccc4F)(C(F)(F)F)C(F)(F)F)cc3)[C@H](S(=O)c3ccc(F)c(Br)c3)C2)CC1. The molecule has 2 fully saturated rings. The number of carbonyl (C=O) groups is 2. The van der Waals surface area contributed by atoms with Gasteiger partial charge in [0.05, 0.1) is 27.1 Å². The van der Waals surface area contributed by atoms with Gasteiger partial charge in [0, 0.05) is 68.1 Å². The van der Waals surface area contributed by atoms with E-state index in [0.717, 1.165) is 24.3 Å². The summed E-state index contributed by atoms with van der Waals surface area (Å²) in [6.07, 6.45) is -12.3. The summed E-state index contributed by atoms with van der Waals surface area (Å²) >= 11 is 3.03. The molecule has 5 rings (SSSR count). The van der Waals surface area contributed by atoms with Crippen LogP contribution < -0.4 is 0 Å². The molecule has 2 saturated heterocycles. The summed E-state index contributed by atoms with van der Waals surface area (Å²) in [5, 5.41) is -0.939. The van der Waals surface area contributed by atoms with Crippen LogP contribution in [-0.4, -0.2) is 87.7 Å². The fourth-order valence-corrected chi connectivity index (χ4v) is 8.38. The molecule has 0 spiro atoms. The van der Waals surface area contributed by atoms with E-state index < -0.39 is 81.1 Å². The van der Waals surface area contributed by atoms with Gasteiger partial charge in [-0.3, -0.25) is 9.00 Å². The summed E-state index contributed by atoms with van der Waals surface area (Å²) in [5.41, 5.74) is -7.44. The smallest absolute Gasteiger partial charge is 0.349 e. The van der Waals surface area contributed by atoms with Crippen LogP contribution in [0.2, 0.25) is 0 Å². The number of ether oxygens (including phenoxy) is 1. The molecule has 2 aliphatic heterocycles. The van der Waals surface area contributed by atoms with E-state index in [0.29, 0.717) is 24.3 Å². The summed E-state index contributed by atoms with van der Waals surface area (Å²) in [5.74, 6) is -4.51. The zero-order valence-electron chi connectivity index (χ0n) is 26.5. The molecule has 3 aromatic rings. The van der Waals surface area contributed by atoms with E-state index in [1.807, 2.05) is 0 Å². The van der Waals surface area contributed by atoms with E-state index in [9.17, 15) is 53.3 Å². The van der Waals surface area contributed by atoms with Crippen molar-refractivity contribution >= 4 is 38.7 Å². The average molecular weight is 815 g/mol. The molecule has 0 bridgehead atoms. The lowest BCUT2D eigenvalue weighted by molar-refractivity contribution is -0.392. The van der Waals surface area contributed by atoms with E-state index in [-0.39, 0.29) is 60.1 Å². The number of carbonyl (C=O) groups excluding carboxylic acids is 2. The van der Waals surface area contributed by atoms with Crippen LogP contribution in [0.4, 0.5) is 44.3 Å². The summed E-state index contributed by atoms with van der Waals surface area (Å²) < 4.78 is 148. The van der Waals surface area contributed by atoms with Gasteiger partial charge < -0.3 is 19.4 Å². The van der Waals surface area contributed by atoms with Crippen molar-refractivity contribution in [3.63, 3.8) is 0 Å². The maximum absolute atomic E-state index is 14.5. The van der Waals surface area contributed by atoms with Crippen molar-refractivity contribution < 1.29 is 58.0 Å². The van der Waals surface area contributed by atoms with Gasteiger partial charge in [-0.25, -0.2) is 18.0 Å². The molecule has 0 radical (unpaired) electrons. The Balaban J connectivity index is 1.49. The first-order valence-electron chi connectivity index (χ1n) is 15.3. The third-order valence-corrected chi connectivity index (χ3v) is 11.3. The summed E-state index contributed by atoms with van der Waals surface area (Å²) in [6.45, 7) is 0.344. The molecule has 51 heavy (non-hydrogen) atoms. The summed E-state index contributed by atoms with van der Waals surface area (Å²) in [7, 11) is -1.96. The quantitative estimate of drug-likeness (QED) is 0.236. The van der Waals surface area contributed by atoms with E-state index in [4.69, 9.17) is 0 Å². The molecule has 0 aromatic heterocycles. The van der Waals surface area contributed by atoms with Gasteiger partial charge in [-0.15, -0.1) is 0 Å². The number of alkyl halides is 6. The minimum absolute atomic E-state index is 0.00516. The van der Waals surface area contributed by atoms with Gasteiger partial charge >= 0.3 is 18.4 Å². The molecule has 3 aromatic carbocycles. The maximum Gasteiger partial charge on any atom is 0.430 e. The molecule has 3 atom stereocenters. The standard InChI is InChI=1S/C33H29BrF9N3O4S/c1-19(47)44-11-13-45(14-12-44)30(48)46-16-23(29(17-46)51(49)22-9-10-28(37)25(34)15-22)20-5-7-21(8-6-20)31(32(38,39)40,33(41,42)43)50-18-24-26(35)3-2-4-27(24)36/h2-10,15,23,29H,11-14,16-18H2,1H3/t23?,29-,51?/m1/s1. The largest absolute Gasteiger partial charge is 0.430 e. The molecule has 7 nitrogen and oxygen atoms in total. The summed E-state index contributed by atoms with van der Waals surface area (Å²) in [6, 6.07) is 8.30. The number of hydrogen-bond donors (Lipinski definition) is 0. The van der Waals surface area contributed by atoms with Crippen LogP contribution in [0, 0.1) is 17.5 Å². The first-order valence-corrected chi connectivity index (χ1v) is 17.3. The first-order chi connectivity index (χ1) is 23.9. The number of hydrogen-bond acceptors (Lipinski definition) is 4. The number of rotatable bonds is 7. The third kappa shape index (κ3) is 7.63. The lowest BCUT2D eigenvalue weighted by Crippen LogP contribution is -2.55. The van der Waals surface area contributed by atoms with Crippen LogP contribution >= 0.6 is 15.9 Å². The summed E-state index contributed by atoms with van der Waals surface area (Å²) in [4.78, 5) is 29.9. The Morgan fingerprint density at radius 1 is 0.804 bits per heavy atom. The molecule has 0 saturated carbocycles. The number of likely N-dealkylation sites (tertiary alicyclic amines) is 1. The highest BCUT2D eigenvalue weighted by atomic mass is 79.9. The van der Waals surface area contributed by atoms with Gasteiger partial charge in [-0.05, 0) is 51.8 Å². The Morgan fingerprint density at radius 3 is 1.90 bits per heavy atom. The molecule has 3 amide bonds. The van der Waals surface area contributed by atoms with Crippen LogP contribution in [-0.2, 0) is 32.5 Å². The molecule has 2 unspecified atom stereocenters. The first kappa shape index (κ1) is 38.6. The van der Waals surface area contributed by atoms with Gasteiger partial charge in [0.15, 0.2) is 0 Å². The Bertz CT molecular complexity index is 1770. The molecule has 0 aliphatic carbocycles. The molecule has 2 heterocycles. The van der Waals surface area contributed by atoms with Crippen molar-refractivity contribution in [3.8, 4) is 0 Å². The fraction of sp³-hybridized carbons (Fsp3) is 0.394. The van der Waals surface area contributed by atoms with Gasteiger partial charge in [0.1, 0.15) is 17.5 Å².